The van der Waals surface area contributed by atoms with E-state index in [2.05, 4.69) is 6.92 Å². The van der Waals surface area contributed by atoms with Gasteiger partial charge in [-0.15, -0.1) is 0 Å². The summed E-state index contributed by atoms with van der Waals surface area (Å²) >= 11 is 12.4. The first-order valence-corrected chi connectivity index (χ1v) is 13.8. The van der Waals surface area contributed by atoms with Gasteiger partial charge in [-0.25, -0.2) is 13.1 Å². The van der Waals surface area contributed by atoms with Crippen molar-refractivity contribution in [3.05, 3.63) is 99.5 Å². The van der Waals surface area contributed by atoms with Crippen molar-refractivity contribution in [3.63, 3.8) is 0 Å². The van der Waals surface area contributed by atoms with E-state index >= 15 is 0 Å². The minimum atomic E-state index is -4.09. The number of para-hydroxylation sites is 1. The highest BCUT2D eigenvalue weighted by molar-refractivity contribution is 7.95. The zero-order valence-corrected chi connectivity index (χ0v) is 22.3. The van der Waals surface area contributed by atoms with Crippen molar-refractivity contribution in [2.24, 2.45) is 0 Å². The van der Waals surface area contributed by atoms with Crippen molar-refractivity contribution in [2.45, 2.75) is 24.7 Å². The summed E-state index contributed by atoms with van der Waals surface area (Å²) in [6, 6.07) is 22.2. The van der Waals surface area contributed by atoms with Crippen molar-refractivity contribution in [3.8, 4) is 28.8 Å². The first-order valence-electron chi connectivity index (χ1n) is 11.5. The summed E-state index contributed by atoms with van der Waals surface area (Å²) < 4.78 is 33.8. The predicted octanol–water partition coefficient (Wildman–Crippen LogP) is 7.36. The van der Waals surface area contributed by atoms with Crippen LogP contribution in [0.3, 0.4) is 0 Å². The third kappa shape index (κ3) is 6.05. The van der Waals surface area contributed by atoms with Gasteiger partial charge >= 0.3 is 0 Å². The normalized spacial score (nSPS) is 11.8. The summed E-state index contributed by atoms with van der Waals surface area (Å²) in [7, 11) is -4.09. The molecule has 4 aromatic rings. The predicted molar refractivity (Wildman–Crippen MR) is 147 cm³/mol. The number of hydrogen-bond acceptors (Lipinski definition) is 5. The highest BCUT2D eigenvalue weighted by atomic mass is 35.5. The molecule has 1 aromatic heterocycles. The van der Waals surface area contributed by atoms with Crippen LogP contribution in [0.15, 0.2) is 88.8 Å². The molecule has 9 heteroatoms. The number of halogens is 2. The summed E-state index contributed by atoms with van der Waals surface area (Å²) in [4.78, 5) is -0.451. The van der Waals surface area contributed by atoms with E-state index in [1.54, 1.807) is 23.0 Å². The zero-order valence-electron chi connectivity index (χ0n) is 19.9. The number of unbranched alkanes of at least 4 members (excludes halogenated alkanes) is 1. The van der Waals surface area contributed by atoms with Gasteiger partial charge in [0.2, 0.25) is 9.84 Å². The molecule has 0 atom stereocenters. The number of benzene rings is 3. The molecule has 0 amide bonds. The number of nitrogens with zero attached hydrogens (tertiary/aromatic N) is 3. The molecule has 0 spiro atoms. The Morgan fingerprint density at radius 2 is 1.81 bits per heavy atom. The van der Waals surface area contributed by atoms with Crippen LogP contribution in [0, 0.1) is 11.3 Å². The van der Waals surface area contributed by atoms with Gasteiger partial charge in [-0.05, 0) is 67.1 Å². The lowest BCUT2D eigenvalue weighted by Gasteiger charge is -2.09. The zero-order chi connectivity index (χ0) is 26.4. The molecule has 4 rings (SSSR count). The first kappa shape index (κ1) is 26.5. The van der Waals surface area contributed by atoms with Crippen LogP contribution >= 0.6 is 23.2 Å². The molecule has 0 N–H and O–H groups in total. The van der Waals surface area contributed by atoms with Gasteiger partial charge in [-0.2, -0.15) is 10.4 Å². The van der Waals surface area contributed by atoms with Crippen molar-refractivity contribution in [1.82, 2.24) is 9.78 Å². The topological polar surface area (TPSA) is 85.0 Å². The van der Waals surface area contributed by atoms with E-state index in [1.165, 1.54) is 30.3 Å². The molecular weight excluding hydrogens is 529 g/mol. The molecule has 0 fully saturated rings. The van der Waals surface area contributed by atoms with Crippen LogP contribution in [0.4, 0.5) is 0 Å². The lowest BCUT2D eigenvalue weighted by molar-refractivity contribution is 0.309. The van der Waals surface area contributed by atoms with E-state index in [4.69, 9.17) is 33.0 Å². The summed E-state index contributed by atoms with van der Waals surface area (Å²) in [5.41, 5.74) is 2.32. The highest BCUT2D eigenvalue weighted by Gasteiger charge is 2.23. The molecular formula is C28H23Cl2N3O3S. The van der Waals surface area contributed by atoms with E-state index < -0.39 is 14.7 Å². The van der Waals surface area contributed by atoms with E-state index in [0.717, 1.165) is 18.5 Å². The maximum atomic E-state index is 13.2. The average Bonchev–Trinajstić information content (AvgIpc) is 3.33. The lowest BCUT2D eigenvalue weighted by Crippen LogP contribution is -2.03. The van der Waals surface area contributed by atoms with Gasteiger partial charge in [0.05, 0.1) is 22.2 Å². The van der Waals surface area contributed by atoms with Gasteiger partial charge in [0.15, 0.2) is 0 Å². The number of rotatable bonds is 9. The molecule has 37 heavy (non-hydrogen) atoms. The number of allylic oxidation sites excluding steroid dienone is 1. The molecule has 0 aliphatic heterocycles. The fraction of sp³-hybridized carbons (Fsp3) is 0.143. The van der Waals surface area contributed by atoms with Crippen LogP contribution in [0.2, 0.25) is 10.0 Å². The fourth-order valence-corrected chi connectivity index (χ4v) is 5.09. The van der Waals surface area contributed by atoms with E-state index in [9.17, 15) is 13.7 Å². The minimum absolute atomic E-state index is 0.0293. The second-order valence-corrected chi connectivity index (χ2v) is 10.9. The van der Waals surface area contributed by atoms with Gasteiger partial charge in [0, 0.05) is 22.3 Å². The van der Waals surface area contributed by atoms with Gasteiger partial charge in [0.25, 0.3) is 0 Å². The molecule has 0 bridgehead atoms. The summed E-state index contributed by atoms with van der Waals surface area (Å²) in [6.45, 7) is 2.63. The van der Waals surface area contributed by atoms with Crippen LogP contribution in [-0.2, 0) is 9.84 Å². The molecule has 0 radical (unpaired) electrons. The number of ether oxygens (including phenoxy) is 1. The number of aromatic nitrogens is 2. The Morgan fingerprint density at radius 1 is 1.08 bits per heavy atom. The lowest BCUT2D eigenvalue weighted by atomic mass is 10.1. The molecule has 0 unspecified atom stereocenters. The maximum absolute atomic E-state index is 13.2. The Hall–Kier alpha value is -3.57. The number of nitriles is 1. The second-order valence-electron chi connectivity index (χ2n) is 8.14. The van der Waals surface area contributed by atoms with E-state index in [-0.39, 0.29) is 4.90 Å². The van der Waals surface area contributed by atoms with Crippen LogP contribution in [0.25, 0.3) is 23.0 Å². The Labute approximate surface area is 226 Å². The minimum Gasteiger partial charge on any atom is -0.492 e. The van der Waals surface area contributed by atoms with E-state index in [1.807, 2.05) is 42.5 Å². The summed E-state index contributed by atoms with van der Waals surface area (Å²) in [5.74, 6) is 0.557. The van der Waals surface area contributed by atoms with Crippen LogP contribution in [-0.4, -0.2) is 24.8 Å². The molecule has 0 saturated carbocycles. The number of hydrogen-bond donors (Lipinski definition) is 0. The van der Waals surface area contributed by atoms with Crippen molar-refractivity contribution < 1.29 is 13.2 Å². The number of sulfone groups is 1. The Balaban J connectivity index is 1.82. The first-order chi connectivity index (χ1) is 17.8. The van der Waals surface area contributed by atoms with Gasteiger partial charge in [0.1, 0.15) is 22.4 Å². The Morgan fingerprint density at radius 3 is 2.46 bits per heavy atom. The maximum Gasteiger partial charge on any atom is 0.216 e. The Bertz CT molecular complexity index is 1570. The van der Waals surface area contributed by atoms with Gasteiger partial charge < -0.3 is 4.74 Å². The van der Waals surface area contributed by atoms with Crippen molar-refractivity contribution in [2.75, 3.05) is 6.61 Å². The molecule has 1 heterocycles. The molecule has 6 nitrogen and oxygen atoms in total. The highest BCUT2D eigenvalue weighted by Crippen LogP contribution is 2.33. The van der Waals surface area contributed by atoms with Gasteiger partial charge in [-0.3, -0.25) is 0 Å². The van der Waals surface area contributed by atoms with E-state index in [0.29, 0.717) is 39.2 Å². The Kier molecular flexibility index (Phi) is 8.34. The largest absolute Gasteiger partial charge is 0.492 e. The van der Waals surface area contributed by atoms with Crippen LogP contribution in [0.1, 0.15) is 25.3 Å². The second kappa shape index (κ2) is 11.7. The standard InChI is InChI=1S/C28H23Cl2N3O3S/c1-2-3-15-36-27-14-9-20(17-26(27)30)28-21(19-33(32-28)23-7-5-4-6-8-23)16-25(18-31)37(34,35)24-12-10-22(29)11-13-24/h4-14,16-17,19H,2-3,15H2,1H3. The van der Waals surface area contributed by atoms with Crippen molar-refractivity contribution in [1.29, 1.82) is 5.26 Å². The average molecular weight is 552 g/mol. The van der Waals surface area contributed by atoms with Crippen molar-refractivity contribution >= 4 is 39.1 Å². The third-order valence-corrected chi connectivity index (χ3v) is 7.76. The molecule has 0 aliphatic rings. The monoisotopic (exact) mass is 551 g/mol. The SMILES string of the molecule is CCCCOc1ccc(-c2nn(-c3ccccc3)cc2C=C(C#N)S(=O)(=O)c2ccc(Cl)cc2)cc1Cl. The smallest absolute Gasteiger partial charge is 0.216 e. The molecule has 0 saturated heterocycles. The van der Waals surface area contributed by atoms with Gasteiger partial charge in [-0.1, -0.05) is 54.7 Å². The molecule has 3 aromatic carbocycles. The summed E-state index contributed by atoms with van der Waals surface area (Å²) in [5, 5.41) is 15.3. The quantitative estimate of drug-likeness (QED) is 0.160. The van der Waals surface area contributed by atoms with Crippen LogP contribution in [0.5, 0.6) is 5.75 Å². The fourth-order valence-electron chi connectivity index (χ4n) is 3.57. The third-order valence-electron chi connectivity index (χ3n) is 5.53. The molecule has 0 aliphatic carbocycles. The van der Waals surface area contributed by atoms with Crippen LogP contribution < -0.4 is 4.74 Å². The summed E-state index contributed by atoms with van der Waals surface area (Å²) in [6.07, 6.45) is 4.92. The molecule has 188 valence electrons.